The first-order chi connectivity index (χ1) is 12.5. The van der Waals surface area contributed by atoms with Crippen LogP contribution in [0.25, 0.3) is 11.3 Å². The monoisotopic (exact) mass is 354 g/mol. The molecule has 1 aromatic carbocycles. The van der Waals surface area contributed by atoms with Crippen molar-refractivity contribution in [3.05, 3.63) is 42.2 Å². The lowest BCUT2D eigenvalue weighted by Gasteiger charge is -2.31. The SMILES string of the molecule is Nc1cnc(-c2ccc(C(=O)N3C[C@H]4C[C@H](O)[C@H](O)C[C@H]4C3)cc2)cn1. The average Bonchev–Trinajstić information content (AvgIpc) is 3.05. The van der Waals surface area contributed by atoms with E-state index in [1.54, 1.807) is 18.3 Å². The summed E-state index contributed by atoms with van der Waals surface area (Å²) < 4.78 is 0. The van der Waals surface area contributed by atoms with Gasteiger partial charge >= 0.3 is 0 Å². The van der Waals surface area contributed by atoms with Gasteiger partial charge in [0, 0.05) is 24.2 Å². The highest BCUT2D eigenvalue weighted by atomic mass is 16.3. The number of nitrogens with zero attached hydrogens (tertiary/aromatic N) is 3. The fourth-order valence-corrected chi connectivity index (χ4v) is 4.03. The first-order valence-electron chi connectivity index (χ1n) is 8.84. The highest BCUT2D eigenvalue weighted by Crippen LogP contribution is 2.37. The molecule has 26 heavy (non-hydrogen) atoms. The number of nitrogens with two attached hydrogens (primary N) is 1. The van der Waals surface area contributed by atoms with Crippen molar-refractivity contribution >= 4 is 11.7 Å². The summed E-state index contributed by atoms with van der Waals surface area (Å²) in [4.78, 5) is 22.9. The number of aliphatic hydroxyl groups is 2. The number of carbonyl (C=O) groups is 1. The molecule has 2 aromatic rings. The predicted octanol–water partition coefficient (Wildman–Crippen LogP) is 0.930. The summed E-state index contributed by atoms with van der Waals surface area (Å²) in [5.74, 6) is 0.882. The standard InChI is InChI=1S/C19H22N4O3/c20-18-8-21-15(7-22-18)11-1-3-12(4-2-11)19(26)23-9-13-5-16(24)17(25)6-14(13)10-23/h1-4,7-8,13-14,16-17,24-25H,5-6,9-10H2,(H2,20,22)/t13-,14+,16+,17-. The molecule has 4 atom stereocenters. The summed E-state index contributed by atoms with van der Waals surface area (Å²) in [6.07, 6.45) is 2.88. The van der Waals surface area contributed by atoms with Gasteiger partial charge in [0.2, 0.25) is 0 Å². The number of hydrogen-bond acceptors (Lipinski definition) is 6. The Balaban J connectivity index is 1.46. The van der Waals surface area contributed by atoms with E-state index >= 15 is 0 Å². The molecule has 1 amide bonds. The van der Waals surface area contributed by atoms with Gasteiger partial charge in [0.25, 0.3) is 5.91 Å². The van der Waals surface area contributed by atoms with E-state index in [-0.39, 0.29) is 17.7 Å². The molecule has 136 valence electrons. The van der Waals surface area contributed by atoms with Gasteiger partial charge in [-0.25, -0.2) is 4.98 Å². The number of likely N-dealkylation sites (tertiary alicyclic amines) is 1. The topological polar surface area (TPSA) is 113 Å². The molecule has 1 aliphatic heterocycles. The Morgan fingerprint density at radius 1 is 1.00 bits per heavy atom. The fourth-order valence-electron chi connectivity index (χ4n) is 4.03. The van der Waals surface area contributed by atoms with E-state index in [0.29, 0.717) is 43.0 Å². The Morgan fingerprint density at radius 2 is 1.62 bits per heavy atom. The number of hydrogen-bond donors (Lipinski definition) is 3. The number of nitrogen functional groups attached to an aromatic ring is 1. The molecule has 2 aliphatic rings. The van der Waals surface area contributed by atoms with Crippen LogP contribution in [0, 0.1) is 11.8 Å². The third kappa shape index (κ3) is 3.15. The molecule has 2 heterocycles. The lowest BCUT2D eigenvalue weighted by molar-refractivity contribution is -0.0372. The number of fused-ring (bicyclic) bond motifs is 1. The first-order valence-corrected chi connectivity index (χ1v) is 8.84. The van der Waals surface area contributed by atoms with Crippen LogP contribution in [0.2, 0.25) is 0 Å². The molecule has 1 aliphatic carbocycles. The van der Waals surface area contributed by atoms with Gasteiger partial charge in [-0.05, 0) is 36.8 Å². The smallest absolute Gasteiger partial charge is 0.253 e. The van der Waals surface area contributed by atoms with Crippen molar-refractivity contribution in [1.82, 2.24) is 14.9 Å². The second-order valence-electron chi connectivity index (χ2n) is 7.24. The van der Waals surface area contributed by atoms with Gasteiger partial charge in [-0.2, -0.15) is 0 Å². The van der Waals surface area contributed by atoms with Crippen molar-refractivity contribution in [2.24, 2.45) is 11.8 Å². The third-order valence-electron chi connectivity index (χ3n) is 5.50. The molecule has 7 heteroatoms. The van der Waals surface area contributed by atoms with E-state index in [9.17, 15) is 15.0 Å². The van der Waals surface area contributed by atoms with Crippen LogP contribution in [0.1, 0.15) is 23.2 Å². The minimum absolute atomic E-state index is 0.0154. The maximum Gasteiger partial charge on any atom is 0.253 e. The number of rotatable bonds is 2. The highest BCUT2D eigenvalue weighted by Gasteiger charge is 2.42. The predicted molar refractivity (Wildman–Crippen MR) is 96.0 cm³/mol. The van der Waals surface area contributed by atoms with Crippen LogP contribution in [-0.4, -0.2) is 56.3 Å². The van der Waals surface area contributed by atoms with Gasteiger partial charge < -0.3 is 20.8 Å². The van der Waals surface area contributed by atoms with Crippen LogP contribution >= 0.6 is 0 Å². The molecule has 0 bridgehead atoms. The van der Waals surface area contributed by atoms with Crippen LogP contribution in [0.3, 0.4) is 0 Å². The number of aromatic nitrogens is 2. The Morgan fingerprint density at radius 3 is 2.15 bits per heavy atom. The van der Waals surface area contributed by atoms with E-state index in [1.807, 2.05) is 17.0 Å². The summed E-state index contributed by atoms with van der Waals surface area (Å²) in [7, 11) is 0. The Hall–Kier alpha value is -2.51. The number of anilines is 1. The largest absolute Gasteiger partial charge is 0.390 e. The molecule has 0 spiro atoms. The van der Waals surface area contributed by atoms with Crippen LogP contribution in [0.5, 0.6) is 0 Å². The summed E-state index contributed by atoms with van der Waals surface area (Å²) in [5.41, 5.74) is 7.75. The van der Waals surface area contributed by atoms with E-state index in [0.717, 1.165) is 5.56 Å². The number of aliphatic hydroxyl groups excluding tert-OH is 2. The van der Waals surface area contributed by atoms with Crippen molar-refractivity contribution in [1.29, 1.82) is 0 Å². The first kappa shape index (κ1) is 16.9. The molecule has 1 saturated carbocycles. The second-order valence-corrected chi connectivity index (χ2v) is 7.24. The number of carbonyl (C=O) groups excluding carboxylic acids is 1. The molecule has 0 radical (unpaired) electrons. The number of benzene rings is 1. The van der Waals surface area contributed by atoms with E-state index in [4.69, 9.17) is 5.73 Å². The second kappa shape index (κ2) is 6.66. The minimum atomic E-state index is -0.674. The molecular formula is C19H22N4O3. The van der Waals surface area contributed by atoms with Crippen LogP contribution in [0.15, 0.2) is 36.7 Å². The quantitative estimate of drug-likeness (QED) is 0.739. The zero-order valence-electron chi connectivity index (χ0n) is 14.3. The third-order valence-corrected chi connectivity index (χ3v) is 5.50. The summed E-state index contributed by atoms with van der Waals surface area (Å²) in [6.45, 7) is 1.27. The summed E-state index contributed by atoms with van der Waals surface area (Å²) >= 11 is 0. The van der Waals surface area contributed by atoms with E-state index in [2.05, 4.69) is 9.97 Å². The summed E-state index contributed by atoms with van der Waals surface area (Å²) in [5, 5.41) is 19.7. The maximum atomic E-state index is 12.8. The van der Waals surface area contributed by atoms with Crippen molar-refractivity contribution in [3.8, 4) is 11.3 Å². The average molecular weight is 354 g/mol. The highest BCUT2D eigenvalue weighted by molar-refractivity contribution is 5.94. The molecular weight excluding hydrogens is 332 g/mol. The van der Waals surface area contributed by atoms with Gasteiger partial charge in [-0.15, -0.1) is 0 Å². The Kier molecular flexibility index (Phi) is 4.34. The Bertz CT molecular complexity index is 775. The van der Waals surface area contributed by atoms with Crippen LogP contribution in [0.4, 0.5) is 5.82 Å². The van der Waals surface area contributed by atoms with Crippen LogP contribution < -0.4 is 5.73 Å². The van der Waals surface area contributed by atoms with E-state index < -0.39 is 12.2 Å². The molecule has 7 nitrogen and oxygen atoms in total. The van der Waals surface area contributed by atoms with Crippen molar-refractivity contribution in [3.63, 3.8) is 0 Å². The van der Waals surface area contributed by atoms with Crippen molar-refractivity contribution in [2.75, 3.05) is 18.8 Å². The maximum absolute atomic E-state index is 12.8. The molecule has 0 unspecified atom stereocenters. The van der Waals surface area contributed by atoms with E-state index in [1.165, 1.54) is 6.20 Å². The lowest BCUT2D eigenvalue weighted by Crippen LogP contribution is -2.38. The van der Waals surface area contributed by atoms with Gasteiger partial charge in [0.1, 0.15) is 5.82 Å². The number of amides is 1. The summed E-state index contributed by atoms with van der Waals surface area (Å²) in [6, 6.07) is 7.29. The molecule has 4 N–H and O–H groups in total. The Labute approximate surface area is 151 Å². The fraction of sp³-hybridized carbons (Fsp3) is 0.421. The normalized spacial score (nSPS) is 28.0. The lowest BCUT2D eigenvalue weighted by atomic mass is 9.79. The zero-order chi connectivity index (χ0) is 18.3. The molecule has 1 saturated heterocycles. The van der Waals surface area contributed by atoms with Gasteiger partial charge in [-0.1, -0.05) is 12.1 Å². The van der Waals surface area contributed by atoms with Crippen molar-refractivity contribution in [2.45, 2.75) is 25.0 Å². The zero-order valence-corrected chi connectivity index (χ0v) is 14.3. The van der Waals surface area contributed by atoms with Crippen LogP contribution in [-0.2, 0) is 0 Å². The molecule has 4 rings (SSSR count). The van der Waals surface area contributed by atoms with Gasteiger partial charge in [0.05, 0.1) is 30.3 Å². The van der Waals surface area contributed by atoms with Gasteiger partial charge in [0.15, 0.2) is 0 Å². The van der Waals surface area contributed by atoms with Gasteiger partial charge in [-0.3, -0.25) is 9.78 Å². The molecule has 2 fully saturated rings. The molecule has 1 aromatic heterocycles. The minimum Gasteiger partial charge on any atom is -0.390 e. The van der Waals surface area contributed by atoms with Crippen molar-refractivity contribution < 1.29 is 15.0 Å².